The summed E-state index contributed by atoms with van der Waals surface area (Å²) in [5.74, 6) is 0.201. The van der Waals surface area contributed by atoms with Crippen LogP contribution in [0.5, 0.6) is 5.75 Å². The lowest BCUT2D eigenvalue weighted by Crippen LogP contribution is -2.22. The number of rotatable bonds is 10. The minimum Gasteiger partial charge on any atom is -0.489 e. The van der Waals surface area contributed by atoms with Gasteiger partial charge in [-0.05, 0) is 59.7 Å². The molecule has 0 fully saturated rings. The standard InChI is InChI=1S/C27H24N4O3S/c32-26(29-18-21-8-5-15-28-17-21)22-11-13-24(14-12-22)30-35-31-27(33)23-9-4-10-25(16-23)34-19-20-6-2-1-3-7-20/h1-17,30H,18-19H2,(H,29,32)(H,31,33). The summed E-state index contributed by atoms with van der Waals surface area (Å²) in [6, 6.07) is 27.6. The summed E-state index contributed by atoms with van der Waals surface area (Å²) in [7, 11) is 0. The van der Waals surface area contributed by atoms with Crippen LogP contribution in [0.15, 0.2) is 103 Å². The molecule has 0 saturated carbocycles. The van der Waals surface area contributed by atoms with Gasteiger partial charge in [-0.3, -0.25) is 19.3 Å². The van der Waals surface area contributed by atoms with E-state index in [1.807, 2.05) is 48.5 Å². The van der Waals surface area contributed by atoms with Gasteiger partial charge in [0.05, 0.1) is 12.1 Å². The van der Waals surface area contributed by atoms with Crippen LogP contribution in [0.2, 0.25) is 0 Å². The average molecular weight is 485 g/mol. The molecule has 0 atom stereocenters. The number of pyridine rings is 1. The smallest absolute Gasteiger partial charge is 0.262 e. The number of carbonyl (C=O) groups excluding carboxylic acids is 2. The van der Waals surface area contributed by atoms with Gasteiger partial charge in [0.15, 0.2) is 0 Å². The molecule has 176 valence electrons. The van der Waals surface area contributed by atoms with Gasteiger partial charge in [-0.1, -0.05) is 42.5 Å². The third kappa shape index (κ3) is 7.35. The third-order valence-electron chi connectivity index (χ3n) is 4.98. The predicted molar refractivity (Wildman–Crippen MR) is 138 cm³/mol. The third-order valence-corrected chi connectivity index (χ3v) is 5.61. The molecular weight excluding hydrogens is 460 g/mol. The molecule has 8 heteroatoms. The SMILES string of the molecule is O=C(NCc1cccnc1)c1ccc(NSNC(=O)c2cccc(OCc3ccccc3)c2)cc1. The van der Waals surface area contributed by atoms with Gasteiger partial charge in [0, 0.05) is 35.8 Å². The molecule has 0 aliphatic carbocycles. The van der Waals surface area contributed by atoms with Crippen LogP contribution in [0.25, 0.3) is 0 Å². The Kier molecular flexibility index (Phi) is 8.34. The Morgan fingerprint density at radius 2 is 1.60 bits per heavy atom. The minimum atomic E-state index is -0.251. The molecule has 3 aromatic carbocycles. The van der Waals surface area contributed by atoms with Gasteiger partial charge >= 0.3 is 0 Å². The molecule has 0 spiro atoms. The topological polar surface area (TPSA) is 92.4 Å². The fraction of sp³-hybridized carbons (Fsp3) is 0.0741. The Labute approximate surface area is 208 Å². The second kappa shape index (κ2) is 12.2. The van der Waals surface area contributed by atoms with E-state index in [-0.39, 0.29) is 11.8 Å². The van der Waals surface area contributed by atoms with Crippen molar-refractivity contribution in [1.29, 1.82) is 0 Å². The van der Waals surface area contributed by atoms with E-state index in [0.717, 1.165) is 28.9 Å². The number of aromatic nitrogens is 1. The molecule has 7 nitrogen and oxygen atoms in total. The number of anilines is 1. The molecule has 1 heterocycles. The van der Waals surface area contributed by atoms with E-state index in [1.54, 1.807) is 54.9 Å². The lowest BCUT2D eigenvalue weighted by molar-refractivity contribution is 0.0949. The summed E-state index contributed by atoms with van der Waals surface area (Å²) >= 11 is 1.05. The van der Waals surface area contributed by atoms with Gasteiger partial charge in [0.25, 0.3) is 11.8 Å². The lowest BCUT2D eigenvalue weighted by atomic mass is 10.2. The molecule has 0 aliphatic heterocycles. The fourth-order valence-electron chi connectivity index (χ4n) is 3.13. The zero-order valence-corrected chi connectivity index (χ0v) is 19.6. The van der Waals surface area contributed by atoms with Crippen LogP contribution in [0.4, 0.5) is 5.69 Å². The van der Waals surface area contributed by atoms with Gasteiger partial charge in [-0.25, -0.2) is 0 Å². The number of nitrogens with one attached hydrogen (secondary N) is 3. The van der Waals surface area contributed by atoms with E-state index in [1.165, 1.54) is 0 Å². The Balaban J connectivity index is 1.22. The quantitative estimate of drug-likeness (QED) is 0.275. The molecule has 3 N–H and O–H groups in total. The van der Waals surface area contributed by atoms with E-state index in [2.05, 4.69) is 19.7 Å². The highest BCUT2D eigenvalue weighted by molar-refractivity contribution is 7.99. The summed E-state index contributed by atoms with van der Waals surface area (Å²) in [6.45, 7) is 0.840. The molecule has 0 saturated heterocycles. The molecule has 0 radical (unpaired) electrons. The van der Waals surface area contributed by atoms with Crippen LogP contribution < -0.4 is 19.5 Å². The van der Waals surface area contributed by atoms with Crippen molar-refractivity contribution in [3.63, 3.8) is 0 Å². The Hall–Kier alpha value is -4.30. The molecule has 4 aromatic rings. The highest BCUT2D eigenvalue weighted by Crippen LogP contribution is 2.17. The monoisotopic (exact) mass is 484 g/mol. The van der Waals surface area contributed by atoms with Crippen molar-refractivity contribution in [2.24, 2.45) is 0 Å². The molecule has 4 rings (SSSR count). The zero-order valence-electron chi connectivity index (χ0n) is 18.8. The van der Waals surface area contributed by atoms with E-state index >= 15 is 0 Å². The van der Waals surface area contributed by atoms with Crippen molar-refractivity contribution in [2.75, 3.05) is 4.72 Å². The first kappa shape index (κ1) is 23.8. The minimum absolute atomic E-state index is 0.171. The van der Waals surface area contributed by atoms with Crippen LogP contribution in [0.3, 0.4) is 0 Å². The lowest BCUT2D eigenvalue weighted by Gasteiger charge is -2.10. The summed E-state index contributed by atoms with van der Waals surface area (Å²) < 4.78 is 11.6. The first-order valence-electron chi connectivity index (χ1n) is 10.9. The van der Waals surface area contributed by atoms with Crippen LogP contribution in [0.1, 0.15) is 31.8 Å². The molecule has 35 heavy (non-hydrogen) atoms. The number of ether oxygens (including phenoxy) is 1. The van der Waals surface area contributed by atoms with E-state index in [9.17, 15) is 9.59 Å². The Bertz CT molecular complexity index is 1250. The van der Waals surface area contributed by atoms with Gasteiger partial charge in [0.2, 0.25) is 0 Å². The van der Waals surface area contributed by atoms with Gasteiger partial charge in [-0.15, -0.1) is 0 Å². The van der Waals surface area contributed by atoms with Crippen molar-refractivity contribution in [1.82, 2.24) is 15.0 Å². The van der Waals surface area contributed by atoms with Crippen molar-refractivity contribution >= 4 is 29.6 Å². The maximum atomic E-state index is 12.5. The Morgan fingerprint density at radius 1 is 0.800 bits per heavy atom. The maximum Gasteiger partial charge on any atom is 0.262 e. The van der Waals surface area contributed by atoms with Crippen LogP contribution in [0, 0.1) is 0 Å². The highest BCUT2D eigenvalue weighted by atomic mass is 32.2. The fourth-order valence-corrected chi connectivity index (χ4v) is 3.65. The van der Waals surface area contributed by atoms with Crippen LogP contribution >= 0.6 is 12.1 Å². The Morgan fingerprint density at radius 3 is 2.37 bits per heavy atom. The molecule has 0 unspecified atom stereocenters. The number of nitrogens with zero attached hydrogens (tertiary/aromatic N) is 1. The second-order valence-electron chi connectivity index (χ2n) is 7.56. The first-order valence-corrected chi connectivity index (χ1v) is 11.8. The predicted octanol–water partition coefficient (Wildman–Crippen LogP) is 5.00. The zero-order chi connectivity index (χ0) is 24.3. The van der Waals surface area contributed by atoms with E-state index < -0.39 is 0 Å². The van der Waals surface area contributed by atoms with Crippen molar-refractivity contribution in [2.45, 2.75) is 13.2 Å². The molecule has 0 aliphatic rings. The van der Waals surface area contributed by atoms with Gasteiger partial charge < -0.3 is 14.8 Å². The highest BCUT2D eigenvalue weighted by Gasteiger charge is 2.08. The summed E-state index contributed by atoms with van der Waals surface area (Å²) in [5, 5.41) is 2.86. The average Bonchev–Trinajstić information content (AvgIpc) is 2.92. The van der Waals surface area contributed by atoms with Crippen molar-refractivity contribution < 1.29 is 14.3 Å². The molecule has 1 aromatic heterocycles. The number of hydrogen-bond acceptors (Lipinski definition) is 6. The van der Waals surface area contributed by atoms with Crippen LogP contribution in [-0.2, 0) is 13.2 Å². The summed E-state index contributed by atoms with van der Waals surface area (Å²) in [5.41, 5.74) is 3.77. The molecule has 2 amide bonds. The number of benzene rings is 3. The van der Waals surface area contributed by atoms with Crippen molar-refractivity contribution in [3.05, 3.63) is 126 Å². The number of amides is 2. The first-order chi connectivity index (χ1) is 17.2. The maximum absolute atomic E-state index is 12.5. The van der Waals surface area contributed by atoms with E-state index in [0.29, 0.717) is 30.0 Å². The number of hydrogen-bond donors (Lipinski definition) is 3. The summed E-state index contributed by atoms with van der Waals surface area (Å²) in [6.07, 6.45) is 3.41. The van der Waals surface area contributed by atoms with Crippen molar-refractivity contribution in [3.8, 4) is 5.75 Å². The van der Waals surface area contributed by atoms with Gasteiger partial charge in [-0.2, -0.15) is 0 Å². The molecular formula is C27H24N4O3S. The van der Waals surface area contributed by atoms with Crippen LogP contribution in [-0.4, -0.2) is 16.8 Å². The van der Waals surface area contributed by atoms with E-state index in [4.69, 9.17) is 4.74 Å². The molecule has 0 bridgehead atoms. The normalized spacial score (nSPS) is 10.3. The van der Waals surface area contributed by atoms with Gasteiger partial charge in [0.1, 0.15) is 12.4 Å². The largest absolute Gasteiger partial charge is 0.489 e. The second-order valence-corrected chi connectivity index (χ2v) is 8.17. The summed E-state index contributed by atoms with van der Waals surface area (Å²) in [4.78, 5) is 28.9. The number of carbonyl (C=O) groups is 2.